The summed E-state index contributed by atoms with van der Waals surface area (Å²) >= 11 is 0. The van der Waals surface area contributed by atoms with Gasteiger partial charge in [-0.1, -0.05) is 55.8 Å². The molecule has 1 aliphatic carbocycles. The minimum absolute atomic E-state index is 0.00957. The summed E-state index contributed by atoms with van der Waals surface area (Å²) in [7, 11) is 0. The lowest BCUT2D eigenvalue weighted by Crippen LogP contribution is -2.23. The predicted molar refractivity (Wildman–Crippen MR) is 133 cm³/mol. The molecular weight excluding hydrogens is 448 g/mol. The number of benzene rings is 3. The molecule has 0 bridgehead atoms. The number of nitrogens with one attached hydrogen (secondary N) is 1. The summed E-state index contributed by atoms with van der Waals surface area (Å²) in [5.74, 6) is -3.80. The average Bonchev–Trinajstić information content (AvgIpc) is 2.79. The van der Waals surface area contributed by atoms with Gasteiger partial charge < -0.3 is 10.1 Å². The van der Waals surface area contributed by atoms with Crippen molar-refractivity contribution >= 4 is 23.1 Å². The van der Waals surface area contributed by atoms with Gasteiger partial charge in [-0.05, 0) is 72.2 Å². The molecule has 1 aliphatic rings. The number of amides is 1. The number of rotatable bonds is 5. The Balaban J connectivity index is 1.66. The van der Waals surface area contributed by atoms with Crippen molar-refractivity contribution in [3.05, 3.63) is 106 Å². The molecular formula is C29H27F2NO3. The summed E-state index contributed by atoms with van der Waals surface area (Å²) in [5.41, 5.74) is 4.72. The van der Waals surface area contributed by atoms with E-state index in [1.54, 1.807) is 13.0 Å². The number of carbonyl (C=O) groups is 2. The number of halogens is 2. The van der Waals surface area contributed by atoms with Crippen molar-refractivity contribution in [2.24, 2.45) is 0 Å². The lowest BCUT2D eigenvalue weighted by Gasteiger charge is -2.32. The maximum Gasteiger partial charge on any atom is 0.344 e. The minimum atomic E-state index is -1.10. The van der Waals surface area contributed by atoms with Gasteiger partial charge in [-0.15, -0.1) is 0 Å². The third kappa shape index (κ3) is 4.87. The van der Waals surface area contributed by atoms with E-state index in [0.717, 1.165) is 46.4 Å². The molecule has 0 unspecified atom stereocenters. The normalized spacial score (nSPS) is 14.1. The maximum absolute atomic E-state index is 14.4. The van der Waals surface area contributed by atoms with Crippen LogP contribution < -0.4 is 5.32 Å². The largest absolute Gasteiger partial charge is 0.462 e. The molecule has 0 spiro atoms. The number of hydrogen-bond acceptors (Lipinski definition) is 3. The molecule has 0 aromatic heterocycles. The van der Waals surface area contributed by atoms with Gasteiger partial charge in [0.15, 0.2) is 0 Å². The number of hydrogen-bond donors (Lipinski definition) is 1. The first-order valence-corrected chi connectivity index (χ1v) is 11.5. The Morgan fingerprint density at radius 2 is 1.66 bits per heavy atom. The van der Waals surface area contributed by atoms with E-state index in [9.17, 15) is 18.4 Å². The summed E-state index contributed by atoms with van der Waals surface area (Å²) < 4.78 is 33.5. The molecule has 0 atom stereocenters. The predicted octanol–water partition coefficient (Wildman–Crippen LogP) is 6.82. The van der Waals surface area contributed by atoms with Crippen LogP contribution in [0.4, 0.5) is 14.5 Å². The van der Waals surface area contributed by atoms with Gasteiger partial charge in [0.05, 0.1) is 6.61 Å². The molecule has 180 valence electrons. The molecule has 0 heterocycles. The van der Waals surface area contributed by atoms with Crippen LogP contribution in [-0.2, 0) is 10.2 Å². The fourth-order valence-electron chi connectivity index (χ4n) is 4.33. The Morgan fingerprint density at radius 3 is 2.29 bits per heavy atom. The van der Waals surface area contributed by atoms with Crippen molar-refractivity contribution in [1.82, 2.24) is 0 Å². The highest BCUT2D eigenvalue weighted by Gasteiger charge is 2.29. The number of carbonyl (C=O) groups excluding carboxylic acids is 2. The van der Waals surface area contributed by atoms with E-state index in [1.165, 1.54) is 0 Å². The van der Waals surface area contributed by atoms with E-state index >= 15 is 0 Å². The van der Waals surface area contributed by atoms with Crippen LogP contribution in [-0.4, -0.2) is 18.5 Å². The number of ether oxygens (including phenoxy) is 1. The first-order valence-electron chi connectivity index (χ1n) is 11.5. The second kappa shape index (κ2) is 9.45. The third-order valence-electron chi connectivity index (χ3n) is 6.26. The molecule has 6 heteroatoms. The van der Waals surface area contributed by atoms with Crippen molar-refractivity contribution in [2.45, 2.75) is 39.5 Å². The van der Waals surface area contributed by atoms with Gasteiger partial charge in [0.2, 0.25) is 0 Å². The lowest BCUT2D eigenvalue weighted by atomic mass is 9.72. The Kier molecular flexibility index (Phi) is 6.57. The van der Waals surface area contributed by atoms with Crippen LogP contribution in [0, 0.1) is 18.6 Å². The molecule has 0 saturated carbocycles. The molecule has 1 amide bonds. The topological polar surface area (TPSA) is 55.4 Å². The van der Waals surface area contributed by atoms with Gasteiger partial charge >= 0.3 is 5.97 Å². The second-order valence-electron chi connectivity index (χ2n) is 9.32. The van der Waals surface area contributed by atoms with Crippen molar-refractivity contribution < 1.29 is 23.1 Å². The molecule has 0 aliphatic heterocycles. The lowest BCUT2D eigenvalue weighted by molar-refractivity contribution is 0.0515. The van der Waals surface area contributed by atoms with Crippen molar-refractivity contribution in [3.63, 3.8) is 0 Å². The van der Waals surface area contributed by atoms with Crippen LogP contribution in [0.15, 0.2) is 60.7 Å². The zero-order chi connectivity index (χ0) is 25.3. The van der Waals surface area contributed by atoms with Gasteiger partial charge in [-0.2, -0.15) is 0 Å². The second-order valence-corrected chi connectivity index (χ2v) is 9.32. The summed E-state index contributed by atoms with van der Waals surface area (Å²) in [6.07, 6.45) is 3.05. The van der Waals surface area contributed by atoms with E-state index < -0.39 is 29.1 Å². The van der Waals surface area contributed by atoms with Gasteiger partial charge in [-0.3, -0.25) is 4.79 Å². The standard InChI is InChI=1S/C29H27F2NO3/c1-5-35-28(34)26-24(30)15-20(16-25(26)31)32-27(33)19-10-11-23-22(14-19)21(12-13-29(23,3)4)18-8-6-17(2)7-9-18/h6-12,14-16H,5,13H2,1-4H3,(H,32,33). The molecule has 3 aromatic carbocycles. The van der Waals surface area contributed by atoms with Crippen molar-refractivity contribution in [2.75, 3.05) is 11.9 Å². The summed E-state index contributed by atoms with van der Waals surface area (Å²) in [5, 5.41) is 2.54. The number of aryl methyl sites for hydroxylation is 1. The third-order valence-corrected chi connectivity index (χ3v) is 6.26. The Hall–Kier alpha value is -3.80. The molecule has 1 N–H and O–H groups in total. The van der Waals surface area contributed by atoms with Crippen LogP contribution in [0.2, 0.25) is 0 Å². The molecule has 0 radical (unpaired) electrons. The van der Waals surface area contributed by atoms with Gasteiger partial charge in [-0.25, -0.2) is 13.6 Å². The van der Waals surface area contributed by atoms with Gasteiger partial charge in [0.1, 0.15) is 17.2 Å². The number of allylic oxidation sites excluding steroid dienone is 1. The molecule has 4 nitrogen and oxygen atoms in total. The fourth-order valence-corrected chi connectivity index (χ4v) is 4.33. The van der Waals surface area contributed by atoms with Gasteiger partial charge in [0.25, 0.3) is 5.91 Å². The monoisotopic (exact) mass is 475 g/mol. The Labute approximate surface area is 203 Å². The zero-order valence-electron chi connectivity index (χ0n) is 20.2. The fraction of sp³-hybridized carbons (Fsp3) is 0.241. The minimum Gasteiger partial charge on any atom is -0.462 e. The van der Waals surface area contributed by atoms with Crippen LogP contribution >= 0.6 is 0 Å². The Bertz CT molecular complexity index is 1320. The quantitative estimate of drug-likeness (QED) is 0.412. The smallest absolute Gasteiger partial charge is 0.344 e. The highest BCUT2D eigenvalue weighted by Crippen LogP contribution is 2.41. The number of fused-ring (bicyclic) bond motifs is 1. The molecule has 3 aromatic rings. The highest BCUT2D eigenvalue weighted by atomic mass is 19.1. The molecule has 4 rings (SSSR count). The van der Waals surface area contributed by atoms with Crippen molar-refractivity contribution in [1.29, 1.82) is 0 Å². The maximum atomic E-state index is 14.4. The molecule has 0 fully saturated rings. The summed E-state index contributed by atoms with van der Waals surface area (Å²) in [6.45, 7) is 7.88. The van der Waals surface area contributed by atoms with E-state index in [0.29, 0.717) is 5.56 Å². The average molecular weight is 476 g/mol. The van der Waals surface area contributed by atoms with Crippen molar-refractivity contribution in [3.8, 4) is 0 Å². The van der Waals surface area contributed by atoms with E-state index in [-0.39, 0.29) is 17.7 Å². The van der Waals surface area contributed by atoms with E-state index in [4.69, 9.17) is 4.74 Å². The van der Waals surface area contributed by atoms with E-state index in [2.05, 4.69) is 49.5 Å². The first-order chi connectivity index (χ1) is 16.6. The molecule has 0 saturated heterocycles. The van der Waals surface area contributed by atoms with Crippen LogP contribution in [0.25, 0.3) is 5.57 Å². The number of esters is 1. The zero-order valence-corrected chi connectivity index (χ0v) is 20.2. The number of anilines is 1. The highest BCUT2D eigenvalue weighted by molar-refractivity contribution is 6.05. The Morgan fingerprint density at radius 1 is 1.00 bits per heavy atom. The SMILES string of the molecule is CCOC(=O)c1c(F)cc(NC(=O)c2ccc3c(c2)C(c2ccc(C)cc2)=CCC3(C)C)cc1F. The van der Waals surface area contributed by atoms with Crippen LogP contribution in [0.3, 0.4) is 0 Å². The van der Waals surface area contributed by atoms with Gasteiger partial charge in [0, 0.05) is 11.3 Å². The van der Waals surface area contributed by atoms with E-state index in [1.807, 2.05) is 19.1 Å². The van der Waals surface area contributed by atoms with Crippen LogP contribution in [0.5, 0.6) is 0 Å². The molecule has 35 heavy (non-hydrogen) atoms. The van der Waals surface area contributed by atoms with Crippen LogP contribution in [0.1, 0.15) is 70.2 Å². The first kappa shape index (κ1) is 24.3. The summed E-state index contributed by atoms with van der Waals surface area (Å²) in [4.78, 5) is 24.8. The summed E-state index contributed by atoms with van der Waals surface area (Å²) in [6, 6.07) is 15.5.